The second kappa shape index (κ2) is 6.26. The summed E-state index contributed by atoms with van der Waals surface area (Å²) < 4.78 is 13.0. The van der Waals surface area contributed by atoms with Crippen molar-refractivity contribution < 1.29 is 14.3 Å². The third-order valence-corrected chi connectivity index (χ3v) is 3.75. The van der Waals surface area contributed by atoms with Gasteiger partial charge in [-0.05, 0) is 24.5 Å². The predicted octanol–water partition coefficient (Wildman–Crippen LogP) is 2.10. The van der Waals surface area contributed by atoms with Crippen molar-refractivity contribution >= 4 is 5.78 Å². The number of rotatable bonds is 4. The van der Waals surface area contributed by atoms with Crippen molar-refractivity contribution in [2.45, 2.75) is 25.9 Å². The minimum atomic E-state index is -0.374. The van der Waals surface area contributed by atoms with Crippen molar-refractivity contribution in [2.75, 3.05) is 19.6 Å². The number of Topliss-reactive ketones (excluding diaryl/α,β-unsaturated/α-hetero) is 1. The maximum Gasteiger partial charge on any atom is 0.164 e. The van der Waals surface area contributed by atoms with Crippen LogP contribution in [0.2, 0.25) is 0 Å². The van der Waals surface area contributed by atoms with Gasteiger partial charge in [-0.15, -0.1) is 0 Å². The molecule has 0 amide bonds. The molecular formula is C15H20FNO2. The summed E-state index contributed by atoms with van der Waals surface area (Å²) in [6, 6.07) is 5.82. The highest BCUT2D eigenvalue weighted by Crippen LogP contribution is 2.17. The van der Waals surface area contributed by atoms with E-state index in [0.29, 0.717) is 18.5 Å². The van der Waals surface area contributed by atoms with Gasteiger partial charge in [-0.3, -0.25) is 4.79 Å². The first-order valence-electron chi connectivity index (χ1n) is 6.75. The minimum Gasteiger partial charge on any atom is -0.393 e. The van der Waals surface area contributed by atoms with Crippen molar-refractivity contribution in [3.05, 3.63) is 35.6 Å². The summed E-state index contributed by atoms with van der Waals surface area (Å²) in [5, 5.41) is 9.65. The van der Waals surface area contributed by atoms with Crippen LogP contribution in [0.1, 0.15) is 30.1 Å². The summed E-state index contributed by atoms with van der Waals surface area (Å²) in [6.07, 6.45) is 0.928. The van der Waals surface area contributed by atoms with E-state index in [0.717, 1.165) is 19.5 Å². The van der Waals surface area contributed by atoms with E-state index in [1.807, 2.05) is 6.92 Å². The largest absolute Gasteiger partial charge is 0.393 e. The Balaban J connectivity index is 1.84. The fourth-order valence-corrected chi connectivity index (χ4v) is 2.49. The Morgan fingerprint density at radius 3 is 3.00 bits per heavy atom. The molecule has 0 spiro atoms. The fraction of sp³-hybridized carbons (Fsp3) is 0.533. The lowest BCUT2D eigenvalue weighted by atomic mass is 9.96. The molecule has 2 atom stereocenters. The number of piperidine rings is 1. The lowest BCUT2D eigenvalue weighted by molar-refractivity contribution is 0.0346. The van der Waals surface area contributed by atoms with Gasteiger partial charge in [-0.25, -0.2) is 4.39 Å². The van der Waals surface area contributed by atoms with Gasteiger partial charge in [0.2, 0.25) is 0 Å². The van der Waals surface area contributed by atoms with Gasteiger partial charge in [0.1, 0.15) is 5.82 Å². The number of aliphatic hydroxyl groups excluding tert-OH is 1. The van der Waals surface area contributed by atoms with E-state index < -0.39 is 0 Å². The first-order chi connectivity index (χ1) is 9.06. The number of nitrogens with zero attached hydrogens (tertiary/aromatic N) is 1. The predicted molar refractivity (Wildman–Crippen MR) is 71.6 cm³/mol. The van der Waals surface area contributed by atoms with E-state index in [1.165, 1.54) is 12.1 Å². The standard InChI is InChI=1S/C15H20FNO2/c1-11-10-17(7-5-14(11)18)8-6-15(19)12-3-2-4-13(16)9-12/h2-4,9,11,14,18H,5-8,10H2,1H3. The second-order valence-corrected chi connectivity index (χ2v) is 5.32. The smallest absolute Gasteiger partial charge is 0.164 e. The number of halogens is 1. The molecule has 1 N–H and O–H groups in total. The first-order valence-corrected chi connectivity index (χ1v) is 6.75. The SMILES string of the molecule is CC1CN(CCC(=O)c2cccc(F)c2)CCC1O. The van der Waals surface area contributed by atoms with Gasteiger partial charge in [0.05, 0.1) is 6.10 Å². The normalized spacial score (nSPS) is 24.4. The average molecular weight is 265 g/mol. The van der Waals surface area contributed by atoms with Crippen LogP contribution >= 0.6 is 0 Å². The number of carbonyl (C=O) groups excluding carboxylic acids is 1. The van der Waals surface area contributed by atoms with Crippen LogP contribution < -0.4 is 0 Å². The molecule has 0 aromatic heterocycles. The molecule has 1 aliphatic rings. The molecule has 1 heterocycles. The molecule has 2 rings (SSSR count). The maximum absolute atomic E-state index is 13.0. The van der Waals surface area contributed by atoms with Crippen molar-refractivity contribution in [3.63, 3.8) is 0 Å². The molecule has 0 radical (unpaired) electrons. The molecule has 1 saturated heterocycles. The van der Waals surface area contributed by atoms with E-state index in [9.17, 15) is 14.3 Å². The topological polar surface area (TPSA) is 40.5 Å². The Labute approximate surface area is 113 Å². The van der Waals surface area contributed by atoms with Crippen LogP contribution in [0.25, 0.3) is 0 Å². The van der Waals surface area contributed by atoms with Gasteiger partial charge in [0.25, 0.3) is 0 Å². The number of hydrogen-bond acceptors (Lipinski definition) is 3. The van der Waals surface area contributed by atoms with Crippen LogP contribution in [0.15, 0.2) is 24.3 Å². The highest BCUT2D eigenvalue weighted by Gasteiger charge is 2.24. The highest BCUT2D eigenvalue weighted by molar-refractivity contribution is 5.96. The van der Waals surface area contributed by atoms with Gasteiger partial charge in [-0.1, -0.05) is 19.1 Å². The third kappa shape index (κ3) is 3.85. The number of ketones is 1. The Morgan fingerprint density at radius 2 is 2.32 bits per heavy atom. The number of carbonyl (C=O) groups is 1. The first kappa shape index (κ1) is 14.2. The van der Waals surface area contributed by atoms with Crippen molar-refractivity contribution in [1.82, 2.24) is 4.90 Å². The van der Waals surface area contributed by atoms with Crippen LogP contribution in [0.4, 0.5) is 4.39 Å². The number of likely N-dealkylation sites (tertiary alicyclic amines) is 1. The molecular weight excluding hydrogens is 245 g/mol. The number of benzene rings is 1. The van der Waals surface area contributed by atoms with Gasteiger partial charge >= 0.3 is 0 Å². The lowest BCUT2D eigenvalue weighted by Gasteiger charge is -2.34. The summed E-state index contributed by atoms with van der Waals surface area (Å²) in [4.78, 5) is 14.1. The molecule has 0 aliphatic carbocycles. The number of hydrogen-bond donors (Lipinski definition) is 1. The lowest BCUT2D eigenvalue weighted by Crippen LogP contribution is -2.42. The van der Waals surface area contributed by atoms with E-state index in [2.05, 4.69) is 4.90 Å². The van der Waals surface area contributed by atoms with Crippen LogP contribution in [-0.4, -0.2) is 41.5 Å². The van der Waals surface area contributed by atoms with E-state index in [1.54, 1.807) is 12.1 Å². The maximum atomic E-state index is 13.0. The summed E-state index contributed by atoms with van der Waals surface area (Å²) in [5.41, 5.74) is 0.435. The molecule has 104 valence electrons. The van der Waals surface area contributed by atoms with E-state index in [4.69, 9.17) is 0 Å². The molecule has 0 saturated carbocycles. The molecule has 1 fully saturated rings. The zero-order valence-electron chi connectivity index (χ0n) is 11.2. The number of aliphatic hydroxyl groups is 1. The Morgan fingerprint density at radius 1 is 1.53 bits per heavy atom. The van der Waals surface area contributed by atoms with Crippen LogP contribution in [0.5, 0.6) is 0 Å². The summed E-state index contributed by atoms with van der Waals surface area (Å²) >= 11 is 0. The minimum absolute atomic E-state index is 0.0294. The van der Waals surface area contributed by atoms with Gasteiger partial charge in [-0.2, -0.15) is 0 Å². The van der Waals surface area contributed by atoms with Gasteiger partial charge < -0.3 is 10.0 Å². The van der Waals surface area contributed by atoms with Crippen LogP contribution in [0, 0.1) is 11.7 Å². The zero-order valence-corrected chi connectivity index (χ0v) is 11.2. The zero-order chi connectivity index (χ0) is 13.8. The summed E-state index contributed by atoms with van der Waals surface area (Å²) in [6.45, 7) is 4.33. The van der Waals surface area contributed by atoms with Gasteiger partial charge in [0, 0.05) is 31.6 Å². The summed E-state index contributed by atoms with van der Waals surface area (Å²) in [5.74, 6) is -0.156. The van der Waals surface area contributed by atoms with Crippen LogP contribution in [0.3, 0.4) is 0 Å². The molecule has 1 aromatic carbocycles. The average Bonchev–Trinajstić information content (AvgIpc) is 2.40. The molecule has 0 bridgehead atoms. The second-order valence-electron chi connectivity index (χ2n) is 5.32. The molecule has 4 heteroatoms. The molecule has 3 nitrogen and oxygen atoms in total. The highest BCUT2D eigenvalue weighted by atomic mass is 19.1. The molecule has 1 aliphatic heterocycles. The van der Waals surface area contributed by atoms with Crippen molar-refractivity contribution in [1.29, 1.82) is 0 Å². The fourth-order valence-electron chi connectivity index (χ4n) is 2.49. The summed E-state index contributed by atoms with van der Waals surface area (Å²) in [7, 11) is 0. The molecule has 1 aromatic rings. The van der Waals surface area contributed by atoms with Crippen molar-refractivity contribution in [3.8, 4) is 0 Å². The third-order valence-electron chi connectivity index (χ3n) is 3.75. The van der Waals surface area contributed by atoms with E-state index in [-0.39, 0.29) is 23.6 Å². The van der Waals surface area contributed by atoms with Crippen LogP contribution in [-0.2, 0) is 0 Å². The Hall–Kier alpha value is -1.26. The van der Waals surface area contributed by atoms with Crippen molar-refractivity contribution in [2.24, 2.45) is 5.92 Å². The molecule has 2 unspecified atom stereocenters. The van der Waals surface area contributed by atoms with E-state index >= 15 is 0 Å². The van der Waals surface area contributed by atoms with Gasteiger partial charge in [0.15, 0.2) is 5.78 Å². The monoisotopic (exact) mass is 265 g/mol. The Bertz CT molecular complexity index is 450. The molecule has 19 heavy (non-hydrogen) atoms. The Kier molecular flexibility index (Phi) is 4.66. The quantitative estimate of drug-likeness (QED) is 0.848.